The summed E-state index contributed by atoms with van der Waals surface area (Å²) in [5.41, 5.74) is 2.01. The molecule has 1 amide bonds. The van der Waals surface area contributed by atoms with Crippen LogP contribution in [0.1, 0.15) is 44.6 Å². The van der Waals surface area contributed by atoms with Gasteiger partial charge in [-0.1, -0.05) is 41.0 Å². The van der Waals surface area contributed by atoms with E-state index in [1.807, 2.05) is 50.2 Å². The molecular weight excluding hydrogens is 464 g/mol. The summed E-state index contributed by atoms with van der Waals surface area (Å²) in [5, 5.41) is 7.78. The Labute approximate surface area is 211 Å². The highest BCUT2D eigenvalue weighted by Gasteiger charge is 2.26. The van der Waals surface area contributed by atoms with Crippen molar-refractivity contribution in [2.45, 2.75) is 52.2 Å². The zero-order valence-electron chi connectivity index (χ0n) is 20.4. The maximum Gasteiger partial charge on any atom is 0.241 e. The van der Waals surface area contributed by atoms with Gasteiger partial charge in [-0.05, 0) is 82.4 Å². The lowest BCUT2D eigenvalue weighted by Crippen LogP contribution is -2.40. The number of benzene rings is 2. The van der Waals surface area contributed by atoms with Gasteiger partial charge in [0.1, 0.15) is 5.75 Å². The molecule has 3 aromatic rings. The van der Waals surface area contributed by atoms with Crippen LogP contribution in [-0.4, -0.2) is 46.7 Å². The molecule has 1 N–H and O–H groups in total. The molecule has 0 unspecified atom stereocenters. The summed E-state index contributed by atoms with van der Waals surface area (Å²) in [6, 6.07) is 15.7. The highest BCUT2D eigenvalue weighted by atomic mass is 35.5. The summed E-state index contributed by atoms with van der Waals surface area (Å²) < 4.78 is 11.1. The van der Waals surface area contributed by atoms with Crippen molar-refractivity contribution in [3.63, 3.8) is 0 Å². The molecule has 1 aromatic heterocycles. The number of piperidine rings is 1. The lowest BCUT2D eigenvalue weighted by atomic mass is 9.96. The third-order valence-corrected chi connectivity index (χ3v) is 6.47. The fraction of sp³-hybridized carbons (Fsp3) is 0.444. The normalized spacial score (nSPS) is 14.9. The number of likely N-dealkylation sites (tertiary alicyclic amines) is 1. The first kappa shape index (κ1) is 25.2. The summed E-state index contributed by atoms with van der Waals surface area (Å²) in [4.78, 5) is 19.4. The average Bonchev–Trinajstić information content (AvgIpc) is 3.31. The number of aromatic nitrogens is 2. The molecule has 1 saturated heterocycles. The van der Waals surface area contributed by atoms with Crippen LogP contribution in [0.3, 0.4) is 0 Å². The topological polar surface area (TPSA) is 80.5 Å². The number of halogens is 1. The second-order valence-electron chi connectivity index (χ2n) is 9.25. The van der Waals surface area contributed by atoms with E-state index in [4.69, 9.17) is 20.9 Å². The number of carbonyl (C=O) groups excluding carboxylic acids is 1. The Morgan fingerprint density at radius 3 is 2.63 bits per heavy atom. The number of hydrogen-bond donors (Lipinski definition) is 1. The van der Waals surface area contributed by atoms with Crippen molar-refractivity contribution in [2.24, 2.45) is 5.92 Å². The molecule has 0 aliphatic carbocycles. The van der Waals surface area contributed by atoms with Gasteiger partial charge in [-0.2, -0.15) is 4.98 Å². The largest absolute Gasteiger partial charge is 0.491 e. The van der Waals surface area contributed by atoms with Gasteiger partial charge in [0, 0.05) is 18.0 Å². The summed E-state index contributed by atoms with van der Waals surface area (Å²) in [6.45, 7) is 6.96. The Balaban J connectivity index is 1.15. The quantitative estimate of drug-likeness (QED) is 0.391. The third kappa shape index (κ3) is 7.29. The zero-order valence-corrected chi connectivity index (χ0v) is 21.1. The highest BCUT2D eigenvalue weighted by molar-refractivity contribution is 6.33. The van der Waals surface area contributed by atoms with Crippen LogP contribution < -0.4 is 10.1 Å². The maximum atomic E-state index is 12.6. The summed E-state index contributed by atoms with van der Waals surface area (Å²) in [7, 11) is 0. The van der Waals surface area contributed by atoms with E-state index in [0.717, 1.165) is 50.1 Å². The third-order valence-electron chi connectivity index (χ3n) is 6.14. The van der Waals surface area contributed by atoms with E-state index in [1.165, 1.54) is 5.56 Å². The fourth-order valence-corrected chi connectivity index (χ4v) is 4.49. The molecule has 35 heavy (non-hydrogen) atoms. The molecule has 0 atom stereocenters. The molecule has 0 saturated carbocycles. The monoisotopic (exact) mass is 496 g/mol. The molecule has 7 nitrogen and oxygen atoms in total. The molecule has 0 bridgehead atoms. The van der Waals surface area contributed by atoms with Crippen LogP contribution in [0.2, 0.25) is 5.02 Å². The Bertz CT molecular complexity index is 1090. The molecule has 4 rings (SSSR count). The fourth-order valence-electron chi connectivity index (χ4n) is 4.27. The molecule has 0 radical (unpaired) electrons. The van der Waals surface area contributed by atoms with Crippen LogP contribution in [0.25, 0.3) is 11.4 Å². The predicted octanol–water partition coefficient (Wildman–Crippen LogP) is 5.14. The summed E-state index contributed by atoms with van der Waals surface area (Å²) in [5.74, 6) is 2.17. The van der Waals surface area contributed by atoms with E-state index in [1.54, 1.807) is 0 Å². The molecule has 1 aliphatic heterocycles. The molecule has 0 spiro atoms. The standard InChI is InChI=1S/C27H33ClN4O3/c1-19(2)34-22-11-9-20(10-12-22)6-5-15-29-27(33)21-13-16-32(17-14-21)18-25-30-26(31-35-25)23-7-3-4-8-24(23)28/h3-4,7-12,19,21H,5-6,13-18H2,1-2H3,(H,29,33). The van der Waals surface area contributed by atoms with Crippen LogP contribution >= 0.6 is 11.6 Å². The van der Waals surface area contributed by atoms with Crippen molar-refractivity contribution >= 4 is 17.5 Å². The van der Waals surface area contributed by atoms with Gasteiger partial charge in [0.25, 0.3) is 0 Å². The first-order valence-electron chi connectivity index (χ1n) is 12.3. The number of carbonyl (C=O) groups is 1. The van der Waals surface area contributed by atoms with Gasteiger partial charge >= 0.3 is 0 Å². The number of aryl methyl sites for hydroxylation is 1. The first-order valence-corrected chi connectivity index (χ1v) is 12.7. The summed E-state index contributed by atoms with van der Waals surface area (Å²) >= 11 is 6.23. The SMILES string of the molecule is CC(C)Oc1ccc(CCCNC(=O)C2CCN(Cc3nc(-c4ccccc4Cl)no3)CC2)cc1. The Morgan fingerprint density at radius 2 is 1.91 bits per heavy atom. The minimum absolute atomic E-state index is 0.0556. The average molecular weight is 497 g/mol. The van der Waals surface area contributed by atoms with Crippen LogP contribution in [0.4, 0.5) is 0 Å². The molecule has 1 fully saturated rings. The van der Waals surface area contributed by atoms with E-state index >= 15 is 0 Å². The molecule has 2 aromatic carbocycles. The van der Waals surface area contributed by atoms with E-state index in [-0.39, 0.29) is 17.9 Å². The van der Waals surface area contributed by atoms with Gasteiger partial charge in [0.2, 0.25) is 17.6 Å². The highest BCUT2D eigenvalue weighted by Crippen LogP contribution is 2.26. The first-order chi connectivity index (χ1) is 17.0. The lowest BCUT2D eigenvalue weighted by molar-refractivity contribution is -0.126. The van der Waals surface area contributed by atoms with Gasteiger partial charge in [-0.15, -0.1) is 0 Å². The molecule has 8 heteroatoms. The Morgan fingerprint density at radius 1 is 1.17 bits per heavy atom. The van der Waals surface area contributed by atoms with E-state index < -0.39 is 0 Å². The minimum atomic E-state index is 0.0556. The second kappa shape index (κ2) is 12.2. The zero-order chi connectivity index (χ0) is 24.6. The number of amides is 1. The van der Waals surface area contributed by atoms with Crippen LogP contribution in [0.15, 0.2) is 53.1 Å². The van der Waals surface area contributed by atoms with Crippen molar-refractivity contribution < 1.29 is 14.1 Å². The number of rotatable bonds is 10. The van der Waals surface area contributed by atoms with Gasteiger partial charge in [0.15, 0.2) is 0 Å². The Kier molecular flexibility index (Phi) is 8.77. The predicted molar refractivity (Wildman–Crippen MR) is 136 cm³/mol. The number of nitrogens with one attached hydrogen (secondary N) is 1. The summed E-state index contributed by atoms with van der Waals surface area (Å²) in [6.07, 6.45) is 3.68. The number of nitrogens with zero attached hydrogens (tertiary/aromatic N) is 3. The van der Waals surface area contributed by atoms with E-state index in [2.05, 4.69) is 32.5 Å². The number of ether oxygens (including phenoxy) is 1. The van der Waals surface area contributed by atoms with Crippen molar-refractivity contribution in [3.05, 3.63) is 65.0 Å². The molecular formula is C27H33ClN4O3. The van der Waals surface area contributed by atoms with Crippen molar-refractivity contribution in [1.82, 2.24) is 20.4 Å². The maximum absolute atomic E-state index is 12.6. The van der Waals surface area contributed by atoms with Gasteiger partial charge < -0.3 is 14.6 Å². The smallest absolute Gasteiger partial charge is 0.241 e. The van der Waals surface area contributed by atoms with Crippen LogP contribution in [0.5, 0.6) is 5.75 Å². The lowest BCUT2D eigenvalue weighted by Gasteiger charge is -2.30. The van der Waals surface area contributed by atoms with Gasteiger partial charge in [-0.25, -0.2) is 0 Å². The minimum Gasteiger partial charge on any atom is -0.491 e. The van der Waals surface area contributed by atoms with Gasteiger partial charge in [-0.3, -0.25) is 9.69 Å². The van der Waals surface area contributed by atoms with Crippen molar-refractivity contribution in [2.75, 3.05) is 19.6 Å². The van der Waals surface area contributed by atoms with Crippen molar-refractivity contribution in [3.8, 4) is 17.1 Å². The second-order valence-corrected chi connectivity index (χ2v) is 9.65. The van der Waals surface area contributed by atoms with Crippen molar-refractivity contribution in [1.29, 1.82) is 0 Å². The van der Waals surface area contributed by atoms with E-state index in [9.17, 15) is 4.79 Å². The Hall–Kier alpha value is -2.90. The molecule has 1 aliphatic rings. The number of hydrogen-bond acceptors (Lipinski definition) is 6. The van der Waals surface area contributed by atoms with E-state index in [0.29, 0.717) is 29.8 Å². The molecule has 186 valence electrons. The van der Waals surface area contributed by atoms with Crippen LogP contribution in [-0.2, 0) is 17.8 Å². The van der Waals surface area contributed by atoms with Crippen LogP contribution in [0, 0.1) is 5.92 Å². The molecule has 2 heterocycles. The van der Waals surface area contributed by atoms with Gasteiger partial charge in [0.05, 0.1) is 17.7 Å².